The number of carbonyl (C=O) groups excluding carboxylic acids is 1. The summed E-state index contributed by atoms with van der Waals surface area (Å²) in [5.74, 6) is 1.65. The van der Waals surface area contributed by atoms with E-state index in [2.05, 4.69) is 45.4 Å². The van der Waals surface area contributed by atoms with Crippen molar-refractivity contribution in [2.45, 2.75) is 44.8 Å². The van der Waals surface area contributed by atoms with Crippen molar-refractivity contribution in [3.05, 3.63) is 59.2 Å². The minimum atomic E-state index is -0.118. The van der Waals surface area contributed by atoms with Crippen molar-refractivity contribution in [2.75, 3.05) is 40.4 Å². The van der Waals surface area contributed by atoms with Crippen molar-refractivity contribution in [2.24, 2.45) is 0 Å². The quantitative estimate of drug-likeness (QED) is 0.720. The van der Waals surface area contributed by atoms with Crippen molar-refractivity contribution >= 4 is 5.91 Å². The van der Waals surface area contributed by atoms with Crippen molar-refractivity contribution in [1.29, 1.82) is 0 Å². The Morgan fingerprint density at radius 3 is 2.56 bits per heavy atom. The molecule has 1 aliphatic heterocycles. The van der Waals surface area contributed by atoms with Gasteiger partial charge in [0.15, 0.2) is 11.5 Å². The highest BCUT2D eigenvalue weighted by molar-refractivity contribution is 5.81. The van der Waals surface area contributed by atoms with Gasteiger partial charge in [0.1, 0.15) is 0 Å². The Balaban J connectivity index is 1.29. The highest BCUT2D eigenvalue weighted by Crippen LogP contribution is 2.30. The maximum Gasteiger partial charge on any atom is 0.237 e. The number of aryl methyl sites for hydroxylation is 1. The van der Waals surface area contributed by atoms with Gasteiger partial charge in [-0.25, -0.2) is 0 Å². The number of carbonyl (C=O) groups is 1. The number of nitrogens with one attached hydrogen (secondary N) is 1. The Bertz CT molecular complexity index is 924. The van der Waals surface area contributed by atoms with E-state index in [1.807, 2.05) is 19.1 Å². The predicted octanol–water partition coefficient (Wildman–Crippen LogP) is 3.40. The lowest BCUT2D eigenvalue weighted by atomic mass is 9.87. The maximum atomic E-state index is 13.0. The molecule has 2 aromatic carbocycles. The fourth-order valence-electron chi connectivity index (χ4n) is 4.91. The summed E-state index contributed by atoms with van der Waals surface area (Å²) >= 11 is 0. The molecular weight excluding hydrogens is 402 g/mol. The summed E-state index contributed by atoms with van der Waals surface area (Å²) < 4.78 is 10.8. The van der Waals surface area contributed by atoms with Crippen LogP contribution in [0.1, 0.15) is 42.5 Å². The number of hydrogen-bond acceptors (Lipinski definition) is 5. The molecule has 1 aliphatic carbocycles. The molecule has 2 aliphatic rings. The maximum absolute atomic E-state index is 13.0. The molecule has 2 aromatic rings. The summed E-state index contributed by atoms with van der Waals surface area (Å²) in [6, 6.07) is 14.6. The van der Waals surface area contributed by atoms with E-state index in [0.717, 1.165) is 63.5 Å². The van der Waals surface area contributed by atoms with Gasteiger partial charge in [-0.3, -0.25) is 14.6 Å². The molecule has 2 atom stereocenters. The number of amides is 1. The molecule has 0 aromatic heterocycles. The molecule has 1 saturated heterocycles. The number of benzene rings is 2. The summed E-state index contributed by atoms with van der Waals surface area (Å²) in [4.78, 5) is 17.8. The summed E-state index contributed by atoms with van der Waals surface area (Å²) in [6.45, 7) is 6.57. The Morgan fingerprint density at radius 1 is 1.06 bits per heavy atom. The van der Waals surface area contributed by atoms with E-state index in [1.54, 1.807) is 14.2 Å². The molecule has 0 bridgehead atoms. The van der Waals surface area contributed by atoms with Gasteiger partial charge in [-0.05, 0) is 55.0 Å². The number of ether oxygens (including phenoxy) is 2. The van der Waals surface area contributed by atoms with E-state index in [4.69, 9.17) is 9.47 Å². The molecule has 1 amide bonds. The van der Waals surface area contributed by atoms with Crippen molar-refractivity contribution in [1.82, 2.24) is 15.1 Å². The Labute approximate surface area is 191 Å². The van der Waals surface area contributed by atoms with E-state index < -0.39 is 0 Å². The molecule has 1 fully saturated rings. The predicted molar refractivity (Wildman–Crippen MR) is 126 cm³/mol. The number of nitrogens with zero attached hydrogens (tertiary/aromatic N) is 2. The van der Waals surface area contributed by atoms with E-state index in [1.165, 1.54) is 16.7 Å². The third kappa shape index (κ3) is 5.08. The third-order valence-corrected chi connectivity index (χ3v) is 6.87. The van der Waals surface area contributed by atoms with Crippen molar-refractivity contribution in [3.63, 3.8) is 0 Å². The first-order chi connectivity index (χ1) is 15.6. The molecule has 0 spiro atoms. The van der Waals surface area contributed by atoms with Crippen LogP contribution in [0.3, 0.4) is 0 Å². The minimum absolute atomic E-state index is 0.118. The molecular formula is C26H35N3O3. The summed E-state index contributed by atoms with van der Waals surface area (Å²) in [5.41, 5.74) is 3.87. The smallest absolute Gasteiger partial charge is 0.237 e. The zero-order chi connectivity index (χ0) is 22.5. The summed E-state index contributed by atoms with van der Waals surface area (Å²) in [6.07, 6.45) is 3.26. The van der Waals surface area contributed by atoms with Gasteiger partial charge in [0.25, 0.3) is 0 Å². The zero-order valence-corrected chi connectivity index (χ0v) is 19.5. The first kappa shape index (κ1) is 22.6. The van der Waals surface area contributed by atoms with E-state index >= 15 is 0 Å². The normalized spacial score (nSPS) is 20.3. The highest BCUT2D eigenvalue weighted by Gasteiger charge is 2.28. The van der Waals surface area contributed by atoms with Gasteiger partial charge < -0.3 is 14.8 Å². The van der Waals surface area contributed by atoms with Gasteiger partial charge >= 0.3 is 0 Å². The van der Waals surface area contributed by atoms with Crippen LogP contribution in [0.15, 0.2) is 42.5 Å². The van der Waals surface area contributed by atoms with Crippen LogP contribution in [0.5, 0.6) is 11.5 Å². The topological polar surface area (TPSA) is 54.0 Å². The van der Waals surface area contributed by atoms with Crippen LogP contribution in [0, 0.1) is 0 Å². The van der Waals surface area contributed by atoms with Crippen molar-refractivity contribution in [3.8, 4) is 11.5 Å². The summed E-state index contributed by atoms with van der Waals surface area (Å²) in [5, 5.41) is 3.33. The second kappa shape index (κ2) is 10.4. The van der Waals surface area contributed by atoms with Crippen LogP contribution in [0.2, 0.25) is 0 Å². The van der Waals surface area contributed by atoms with Crippen LogP contribution in [-0.2, 0) is 17.8 Å². The van der Waals surface area contributed by atoms with Crippen LogP contribution in [0.25, 0.3) is 0 Å². The zero-order valence-electron chi connectivity index (χ0n) is 19.5. The Hall–Kier alpha value is -2.57. The molecule has 6 nitrogen and oxygen atoms in total. The first-order valence-corrected chi connectivity index (χ1v) is 11.6. The number of hydrogen-bond donors (Lipinski definition) is 1. The molecule has 4 rings (SSSR count). The lowest BCUT2D eigenvalue weighted by molar-refractivity contribution is -0.127. The average molecular weight is 438 g/mol. The molecule has 32 heavy (non-hydrogen) atoms. The van der Waals surface area contributed by atoms with Crippen molar-refractivity contribution < 1.29 is 14.3 Å². The number of fused-ring (bicyclic) bond motifs is 1. The monoisotopic (exact) mass is 437 g/mol. The highest BCUT2D eigenvalue weighted by atomic mass is 16.5. The van der Waals surface area contributed by atoms with Gasteiger partial charge in [-0.1, -0.05) is 30.3 Å². The standard InChI is InChI=1S/C26H35N3O3/c1-19(26(30)27-23-10-6-8-21-7-4-5-9-22(21)23)29-15-13-28(14-16-29)18-20-11-12-24(31-2)25(17-20)32-3/h4-5,7,9,11-12,17,19,23H,6,8,10,13-16,18H2,1-3H3,(H,27,30)/t19-,23+/m0/s1. The van der Waals surface area contributed by atoms with Crippen LogP contribution < -0.4 is 14.8 Å². The van der Waals surface area contributed by atoms with E-state index in [9.17, 15) is 4.79 Å². The van der Waals surface area contributed by atoms with Gasteiger partial charge in [-0.15, -0.1) is 0 Å². The largest absolute Gasteiger partial charge is 0.493 e. The third-order valence-electron chi connectivity index (χ3n) is 6.87. The fraction of sp³-hybridized carbons (Fsp3) is 0.500. The number of rotatable bonds is 7. The van der Waals surface area contributed by atoms with E-state index in [0.29, 0.717) is 0 Å². The molecule has 0 saturated carbocycles. The second-order valence-electron chi connectivity index (χ2n) is 8.83. The summed E-state index contributed by atoms with van der Waals surface area (Å²) in [7, 11) is 3.32. The lowest BCUT2D eigenvalue weighted by Crippen LogP contribution is -2.54. The SMILES string of the molecule is COc1ccc(CN2CCN([C@@H](C)C(=O)N[C@@H]3CCCc4ccccc43)CC2)cc1OC. The van der Waals surface area contributed by atoms with Crippen LogP contribution in [0.4, 0.5) is 0 Å². The second-order valence-corrected chi connectivity index (χ2v) is 8.83. The van der Waals surface area contributed by atoms with Gasteiger partial charge in [0, 0.05) is 32.7 Å². The molecule has 0 unspecified atom stereocenters. The number of piperazine rings is 1. The molecule has 0 radical (unpaired) electrons. The van der Waals surface area contributed by atoms with Gasteiger partial charge in [0.05, 0.1) is 26.3 Å². The first-order valence-electron chi connectivity index (χ1n) is 11.6. The Kier molecular flexibility index (Phi) is 7.33. The Morgan fingerprint density at radius 2 is 1.81 bits per heavy atom. The van der Waals surface area contributed by atoms with Gasteiger partial charge in [-0.2, -0.15) is 0 Å². The molecule has 6 heteroatoms. The minimum Gasteiger partial charge on any atom is -0.493 e. The lowest BCUT2D eigenvalue weighted by Gasteiger charge is -2.38. The van der Waals surface area contributed by atoms with Gasteiger partial charge in [0.2, 0.25) is 5.91 Å². The average Bonchev–Trinajstić information content (AvgIpc) is 2.84. The van der Waals surface area contributed by atoms with Crippen LogP contribution in [-0.4, -0.2) is 62.1 Å². The van der Waals surface area contributed by atoms with Crippen LogP contribution >= 0.6 is 0 Å². The molecule has 1 heterocycles. The fourth-order valence-corrected chi connectivity index (χ4v) is 4.91. The molecule has 1 N–H and O–H groups in total. The molecule has 172 valence electrons. The van der Waals surface area contributed by atoms with E-state index in [-0.39, 0.29) is 18.0 Å². The number of methoxy groups -OCH3 is 2.